The van der Waals surface area contributed by atoms with Crippen molar-refractivity contribution >= 4 is 23.1 Å². The number of fused-ring (bicyclic) bond motifs is 1. The highest BCUT2D eigenvalue weighted by atomic mass is 35.5. The number of aryl methyl sites for hydroxylation is 2. The molecule has 2 aliphatic carbocycles. The van der Waals surface area contributed by atoms with Crippen LogP contribution < -0.4 is 10.2 Å². The molecule has 4 aliphatic rings. The van der Waals surface area contributed by atoms with E-state index in [9.17, 15) is 0 Å². The van der Waals surface area contributed by atoms with Crippen molar-refractivity contribution in [3.63, 3.8) is 0 Å². The summed E-state index contributed by atoms with van der Waals surface area (Å²) in [4.78, 5) is 10.2. The second-order valence-corrected chi connectivity index (χ2v) is 13.4. The minimum atomic E-state index is -0.0193. The van der Waals surface area contributed by atoms with Gasteiger partial charge in [-0.1, -0.05) is 37.2 Å². The fourth-order valence-corrected chi connectivity index (χ4v) is 7.97. The lowest BCUT2D eigenvalue weighted by atomic mass is 9.63. The van der Waals surface area contributed by atoms with Crippen LogP contribution in [0.5, 0.6) is 0 Å². The summed E-state index contributed by atoms with van der Waals surface area (Å²) in [6, 6.07) is 9.22. The fraction of sp³-hybridized carbons (Fsp3) is 0.559. The summed E-state index contributed by atoms with van der Waals surface area (Å²) in [6.07, 6.45) is 16.3. The normalized spacial score (nSPS) is 26.6. The number of halogens is 1. The summed E-state index contributed by atoms with van der Waals surface area (Å²) in [7, 11) is 1.99. The zero-order valence-electron chi connectivity index (χ0n) is 23.9. The molecule has 2 saturated carbocycles. The van der Waals surface area contributed by atoms with Crippen molar-refractivity contribution in [1.82, 2.24) is 9.88 Å². The monoisotopic (exact) mass is 544 g/mol. The van der Waals surface area contributed by atoms with Crippen LogP contribution in [0.1, 0.15) is 75.0 Å². The molecule has 208 valence electrons. The third-order valence-electron chi connectivity index (χ3n) is 10.4. The number of hydrogen-bond acceptors (Lipinski definition) is 4. The van der Waals surface area contributed by atoms with Gasteiger partial charge in [-0.15, -0.1) is 6.58 Å². The zero-order valence-corrected chi connectivity index (χ0v) is 24.7. The van der Waals surface area contributed by atoms with Crippen LogP contribution in [0, 0.1) is 11.3 Å². The standard InChI is InChI=1S/C34H45ClN4/c1-5-34(30-20-28(35)12-13-31(30)36-4)14-17-38(18-15-34)16-6-7-25-19-26-9-8-24(2)39(32(26)37-23-25)29-21-33(3,22-29)27-10-11-27/h5,12-13,19-20,23,27,29,36H,1-2,6-11,14-18,21-22H2,3-4H3. The number of hydrogen-bond donors (Lipinski definition) is 1. The topological polar surface area (TPSA) is 31.4 Å². The third kappa shape index (κ3) is 5.15. The van der Waals surface area contributed by atoms with E-state index in [0.29, 0.717) is 11.5 Å². The van der Waals surface area contributed by atoms with Gasteiger partial charge >= 0.3 is 0 Å². The lowest BCUT2D eigenvalue weighted by Gasteiger charge is -2.52. The number of likely N-dealkylation sites (tertiary alicyclic amines) is 1. The maximum absolute atomic E-state index is 6.39. The van der Waals surface area contributed by atoms with Crippen LogP contribution in [0.15, 0.2) is 55.4 Å². The Kier molecular flexibility index (Phi) is 7.31. The molecule has 4 nitrogen and oxygen atoms in total. The maximum atomic E-state index is 6.39. The van der Waals surface area contributed by atoms with E-state index in [1.54, 1.807) is 0 Å². The summed E-state index contributed by atoms with van der Waals surface area (Å²) in [5.41, 5.74) is 7.06. The first-order chi connectivity index (χ1) is 18.8. The Morgan fingerprint density at radius 1 is 1.15 bits per heavy atom. The molecular formula is C34H45ClN4. The van der Waals surface area contributed by atoms with Crippen LogP contribution in [-0.4, -0.2) is 42.6 Å². The van der Waals surface area contributed by atoms with E-state index in [1.165, 1.54) is 60.3 Å². The second kappa shape index (κ2) is 10.6. The van der Waals surface area contributed by atoms with Crippen LogP contribution in [0.2, 0.25) is 5.02 Å². The van der Waals surface area contributed by atoms with E-state index >= 15 is 0 Å². The van der Waals surface area contributed by atoms with Crippen molar-refractivity contribution in [3.8, 4) is 0 Å². The van der Waals surface area contributed by atoms with Gasteiger partial charge in [-0.25, -0.2) is 4.98 Å². The largest absolute Gasteiger partial charge is 0.388 e. The van der Waals surface area contributed by atoms with E-state index in [-0.39, 0.29) is 5.41 Å². The quantitative estimate of drug-likeness (QED) is 0.327. The number of benzene rings is 1. The molecule has 3 fully saturated rings. The predicted octanol–water partition coefficient (Wildman–Crippen LogP) is 7.77. The molecule has 1 N–H and O–H groups in total. The number of rotatable bonds is 9. The van der Waals surface area contributed by atoms with Gasteiger partial charge in [0.1, 0.15) is 5.82 Å². The molecule has 2 aromatic rings. The molecule has 39 heavy (non-hydrogen) atoms. The SMILES string of the molecule is C=CC1(c2cc(Cl)ccc2NC)CCN(CCCc2cnc3c(c2)CCC(=C)N3C2CC(C)(C3CC3)C2)CC1. The first-order valence-electron chi connectivity index (χ1n) is 15.1. The Morgan fingerprint density at radius 3 is 2.62 bits per heavy atom. The summed E-state index contributed by atoms with van der Waals surface area (Å²) in [6.45, 7) is 14.5. The smallest absolute Gasteiger partial charge is 0.136 e. The van der Waals surface area contributed by atoms with E-state index in [0.717, 1.165) is 68.4 Å². The van der Waals surface area contributed by atoms with Crippen molar-refractivity contribution in [2.45, 2.75) is 82.6 Å². The van der Waals surface area contributed by atoms with Gasteiger partial charge in [0.25, 0.3) is 0 Å². The first kappa shape index (κ1) is 26.9. The second-order valence-electron chi connectivity index (χ2n) is 13.0. The van der Waals surface area contributed by atoms with E-state index < -0.39 is 0 Å². The summed E-state index contributed by atoms with van der Waals surface area (Å²) in [5.74, 6) is 2.16. The number of nitrogens with zero attached hydrogens (tertiary/aromatic N) is 3. The minimum absolute atomic E-state index is 0.0193. The van der Waals surface area contributed by atoms with E-state index in [2.05, 4.69) is 65.7 Å². The zero-order chi connectivity index (χ0) is 27.2. The number of pyridine rings is 1. The summed E-state index contributed by atoms with van der Waals surface area (Å²) < 4.78 is 0. The van der Waals surface area contributed by atoms with Gasteiger partial charge in [0, 0.05) is 41.1 Å². The van der Waals surface area contributed by atoms with Crippen LogP contribution in [0.25, 0.3) is 0 Å². The third-order valence-corrected chi connectivity index (χ3v) is 10.7. The molecule has 1 aromatic carbocycles. The highest BCUT2D eigenvalue weighted by Crippen LogP contribution is 2.59. The summed E-state index contributed by atoms with van der Waals surface area (Å²) >= 11 is 6.39. The van der Waals surface area contributed by atoms with Crippen LogP contribution >= 0.6 is 11.6 Å². The first-order valence-corrected chi connectivity index (χ1v) is 15.5. The lowest BCUT2D eigenvalue weighted by Crippen LogP contribution is -2.51. The van der Waals surface area contributed by atoms with E-state index in [1.807, 2.05) is 13.1 Å². The van der Waals surface area contributed by atoms with Crippen LogP contribution in [0.3, 0.4) is 0 Å². The fourth-order valence-electron chi connectivity index (χ4n) is 7.80. The van der Waals surface area contributed by atoms with Gasteiger partial charge in [0.2, 0.25) is 0 Å². The Hall–Kier alpha value is -2.30. The Labute approximate surface area is 240 Å². The van der Waals surface area contributed by atoms with Crippen molar-refractivity contribution in [2.24, 2.45) is 11.3 Å². The molecule has 5 heteroatoms. The van der Waals surface area contributed by atoms with Gasteiger partial charge < -0.3 is 15.1 Å². The predicted molar refractivity (Wildman–Crippen MR) is 165 cm³/mol. The molecule has 0 spiro atoms. The highest BCUT2D eigenvalue weighted by molar-refractivity contribution is 6.30. The van der Waals surface area contributed by atoms with Crippen molar-refractivity contribution < 1.29 is 0 Å². The van der Waals surface area contributed by atoms with Crippen LogP contribution in [-0.2, 0) is 18.3 Å². The molecule has 3 heterocycles. The maximum Gasteiger partial charge on any atom is 0.136 e. The van der Waals surface area contributed by atoms with E-state index in [4.69, 9.17) is 16.6 Å². The lowest BCUT2D eigenvalue weighted by molar-refractivity contribution is 0.0957. The molecule has 6 rings (SSSR count). The molecule has 1 saturated heterocycles. The minimum Gasteiger partial charge on any atom is -0.388 e. The van der Waals surface area contributed by atoms with Gasteiger partial charge in [-0.05, 0) is 130 Å². The van der Waals surface area contributed by atoms with Crippen molar-refractivity contribution in [2.75, 3.05) is 36.9 Å². The van der Waals surface area contributed by atoms with Gasteiger partial charge in [-0.2, -0.15) is 0 Å². The van der Waals surface area contributed by atoms with Gasteiger partial charge in [-0.3, -0.25) is 0 Å². The number of nitrogens with one attached hydrogen (secondary N) is 1. The Bertz CT molecular complexity index is 1230. The molecule has 0 radical (unpaired) electrons. The van der Waals surface area contributed by atoms with Crippen molar-refractivity contribution in [1.29, 1.82) is 0 Å². The number of piperidine rings is 1. The Morgan fingerprint density at radius 2 is 1.92 bits per heavy atom. The number of anilines is 2. The number of aromatic nitrogens is 1. The average molecular weight is 545 g/mol. The summed E-state index contributed by atoms with van der Waals surface area (Å²) in [5, 5.41) is 4.15. The molecular weight excluding hydrogens is 500 g/mol. The number of allylic oxidation sites excluding steroid dienone is 2. The average Bonchev–Trinajstić information content (AvgIpc) is 3.78. The Balaban J connectivity index is 1.04. The molecule has 1 aromatic heterocycles. The van der Waals surface area contributed by atoms with Crippen molar-refractivity contribution in [3.05, 3.63) is 77.1 Å². The molecule has 0 amide bonds. The molecule has 0 bridgehead atoms. The molecule has 0 unspecified atom stereocenters. The molecule has 0 atom stereocenters. The van der Waals surface area contributed by atoms with Gasteiger partial charge in [0.05, 0.1) is 0 Å². The molecule has 2 aliphatic heterocycles. The van der Waals surface area contributed by atoms with Gasteiger partial charge in [0.15, 0.2) is 0 Å². The highest BCUT2D eigenvalue weighted by Gasteiger charge is 2.52. The van der Waals surface area contributed by atoms with Crippen LogP contribution in [0.4, 0.5) is 11.5 Å².